The maximum Gasteiger partial charge on any atom is 0.258 e. The number of hydrogen-bond donors (Lipinski definition) is 2. The second-order valence-corrected chi connectivity index (χ2v) is 6.36. The van der Waals surface area contributed by atoms with Crippen LogP contribution in [0.2, 0.25) is 0 Å². The van der Waals surface area contributed by atoms with Gasteiger partial charge in [-0.25, -0.2) is 0 Å². The zero-order chi connectivity index (χ0) is 16.0. The van der Waals surface area contributed by atoms with Crippen LogP contribution in [0.25, 0.3) is 0 Å². The van der Waals surface area contributed by atoms with Gasteiger partial charge in [-0.1, -0.05) is 26.0 Å². The molecule has 1 unspecified atom stereocenters. The summed E-state index contributed by atoms with van der Waals surface area (Å²) in [5, 5.41) is 12.9. The molecule has 1 atom stereocenters. The lowest BCUT2D eigenvalue weighted by atomic mass is 9.94. The van der Waals surface area contributed by atoms with Crippen LogP contribution in [-0.4, -0.2) is 29.8 Å². The molecule has 0 heterocycles. The third kappa shape index (κ3) is 6.17. The molecule has 1 aromatic carbocycles. The van der Waals surface area contributed by atoms with Crippen LogP contribution in [0.15, 0.2) is 18.2 Å². The fourth-order valence-corrected chi connectivity index (χ4v) is 2.32. The van der Waals surface area contributed by atoms with Crippen molar-refractivity contribution < 1.29 is 14.6 Å². The molecular formula is C17H27NO3. The third-order valence-electron chi connectivity index (χ3n) is 3.43. The van der Waals surface area contributed by atoms with Gasteiger partial charge in [0.25, 0.3) is 5.91 Å². The first-order chi connectivity index (χ1) is 9.71. The summed E-state index contributed by atoms with van der Waals surface area (Å²) >= 11 is 0. The SMILES string of the molecule is Cc1cccc(OCC(=O)NCC(C)(O)CC(C)C)c1C. The van der Waals surface area contributed by atoms with Crippen molar-refractivity contribution >= 4 is 5.91 Å². The highest BCUT2D eigenvalue weighted by molar-refractivity contribution is 5.77. The molecule has 1 rings (SSSR count). The summed E-state index contributed by atoms with van der Waals surface area (Å²) in [5.41, 5.74) is 1.29. The number of nitrogens with one attached hydrogen (secondary N) is 1. The topological polar surface area (TPSA) is 58.6 Å². The quantitative estimate of drug-likeness (QED) is 0.812. The van der Waals surface area contributed by atoms with E-state index in [0.29, 0.717) is 12.3 Å². The maximum absolute atomic E-state index is 11.8. The van der Waals surface area contributed by atoms with E-state index in [4.69, 9.17) is 4.74 Å². The molecule has 0 aliphatic heterocycles. The molecular weight excluding hydrogens is 266 g/mol. The van der Waals surface area contributed by atoms with Crippen LogP contribution in [-0.2, 0) is 4.79 Å². The van der Waals surface area contributed by atoms with Gasteiger partial charge in [-0.05, 0) is 50.3 Å². The number of ether oxygens (including phenoxy) is 1. The second kappa shape index (κ2) is 7.46. The summed E-state index contributed by atoms with van der Waals surface area (Å²) in [6.07, 6.45) is 0.644. The predicted molar refractivity (Wildman–Crippen MR) is 84.5 cm³/mol. The Labute approximate surface area is 127 Å². The lowest BCUT2D eigenvalue weighted by molar-refractivity contribution is -0.124. The molecule has 0 bridgehead atoms. The minimum Gasteiger partial charge on any atom is -0.483 e. The Kier molecular flexibility index (Phi) is 6.21. The molecule has 21 heavy (non-hydrogen) atoms. The van der Waals surface area contributed by atoms with Gasteiger partial charge in [0.05, 0.1) is 5.60 Å². The molecule has 0 radical (unpaired) electrons. The van der Waals surface area contributed by atoms with E-state index >= 15 is 0 Å². The minimum atomic E-state index is -0.886. The van der Waals surface area contributed by atoms with Gasteiger partial charge in [-0.2, -0.15) is 0 Å². The summed E-state index contributed by atoms with van der Waals surface area (Å²) in [5.74, 6) is 0.877. The third-order valence-corrected chi connectivity index (χ3v) is 3.43. The lowest BCUT2D eigenvalue weighted by Crippen LogP contribution is -2.43. The van der Waals surface area contributed by atoms with Gasteiger partial charge in [0.2, 0.25) is 0 Å². The molecule has 0 saturated carbocycles. The summed E-state index contributed by atoms with van der Waals surface area (Å²) < 4.78 is 5.53. The van der Waals surface area contributed by atoms with Gasteiger partial charge in [-0.3, -0.25) is 4.79 Å². The van der Waals surface area contributed by atoms with Crippen LogP contribution >= 0.6 is 0 Å². The maximum atomic E-state index is 11.8. The number of amides is 1. The van der Waals surface area contributed by atoms with E-state index < -0.39 is 5.60 Å². The van der Waals surface area contributed by atoms with Gasteiger partial charge in [-0.15, -0.1) is 0 Å². The van der Waals surface area contributed by atoms with Crippen LogP contribution in [0.4, 0.5) is 0 Å². The Morgan fingerprint density at radius 3 is 2.67 bits per heavy atom. The van der Waals surface area contributed by atoms with Crippen molar-refractivity contribution in [1.29, 1.82) is 0 Å². The van der Waals surface area contributed by atoms with Crippen molar-refractivity contribution in [3.8, 4) is 5.75 Å². The molecule has 0 spiro atoms. The fourth-order valence-electron chi connectivity index (χ4n) is 2.32. The molecule has 0 aliphatic rings. The van der Waals surface area contributed by atoms with Crippen molar-refractivity contribution in [2.24, 2.45) is 5.92 Å². The predicted octanol–water partition coefficient (Wildman–Crippen LogP) is 2.60. The molecule has 1 aromatic rings. The Balaban J connectivity index is 2.43. The van der Waals surface area contributed by atoms with E-state index in [1.807, 2.05) is 45.9 Å². The molecule has 4 heteroatoms. The number of carbonyl (C=O) groups excluding carboxylic acids is 1. The molecule has 0 fully saturated rings. The normalized spacial score (nSPS) is 13.9. The highest BCUT2D eigenvalue weighted by atomic mass is 16.5. The standard InChI is InChI=1S/C17H27NO3/c1-12(2)9-17(5,20)11-18-16(19)10-21-15-8-6-7-13(3)14(15)4/h6-8,12,20H,9-11H2,1-5H3,(H,18,19). The highest BCUT2D eigenvalue weighted by Crippen LogP contribution is 2.20. The van der Waals surface area contributed by atoms with Crippen LogP contribution in [0, 0.1) is 19.8 Å². The number of aryl methyl sites for hydroxylation is 1. The van der Waals surface area contributed by atoms with Crippen LogP contribution < -0.4 is 10.1 Å². The van der Waals surface area contributed by atoms with Crippen molar-refractivity contribution in [2.45, 2.75) is 46.6 Å². The number of benzene rings is 1. The molecule has 4 nitrogen and oxygen atoms in total. The minimum absolute atomic E-state index is 0.0396. The van der Waals surface area contributed by atoms with E-state index in [2.05, 4.69) is 5.32 Å². The van der Waals surface area contributed by atoms with Crippen molar-refractivity contribution in [2.75, 3.05) is 13.2 Å². The van der Waals surface area contributed by atoms with Crippen molar-refractivity contribution in [1.82, 2.24) is 5.32 Å². The van der Waals surface area contributed by atoms with Gasteiger partial charge in [0.1, 0.15) is 5.75 Å². The van der Waals surface area contributed by atoms with E-state index in [1.54, 1.807) is 6.92 Å². The van der Waals surface area contributed by atoms with E-state index in [0.717, 1.165) is 16.9 Å². The number of rotatable bonds is 7. The molecule has 1 amide bonds. The number of hydrogen-bond acceptors (Lipinski definition) is 3. The lowest BCUT2D eigenvalue weighted by Gasteiger charge is -2.25. The van der Waals surface area contributed by atoms with Gasteiger partial charge in [0, 0.05) is 6.54 Å². The second-order valence-electron chi connectivity index (χ2n) is 6.36. The van der Waals surface area contributed by atoms with Gasteiger partial charge < -0.3 is 15.2 Å². The summed E-state index contributed by atoms with van der Waals surface area (Å²) in [7, 11) is 0. The first-order valence-corrected chi connectivity index (χ1v) is 7.39. The van der Waals surface area contributed by atoms with Crippen molar-refractivity contribution in [3.05, 3.63) is 29.3 Å². The highest BCUT2D eigenvalue weighted by Gasteiger charge is 2.22. The summed E-state index contributed by atoms with van der Waals surface area (Å²) in [6, 6.07) is 5.76. The van der Waals surface area contributed by atoms with Gasteiger partial charge in [0.15, 0.2) is 6.61 Å². The molecule has 2 N–H and O–H groups in total. The monoisotopic (exact) mass is 293 g/mol. The van der Waals surface area contributed by atoms with Crippen LogP contribution in [0.3, 0.4) is 0 Å². The smallest absolute Gasteiger partial charge is 0.258 e. The summed E-state index contributed by atoms with van der Waals surface area (Å²) in [6.45, 7) is 9.99. The largest absolute Gasteiger partial charge is 0.483 e. The average Bonchev–Trinajstić information content (AvgIpc) is 2.37. The molecule has 0 aromatic heterocycles. The molecule has 0 aliphatic carbocycles. The Bertz CT molecular complexity index is 481. The van der Waals surface area contributed by atoms with Gasteiger partial charge >= 0.3 is 0 Å². The van der Waals surface area contributed by atoms with Crippen molar-refractivity contribution in [3.63, 3.8) is 0 Å². The number of aliphatic hydroxyl groups is 1. The first kappa shape index (κ1) is 17.5. The average molecular weight is 293 g/mol. The zero-order valence-corrected chi connectivity index (χ0v) is 13.7. The number of carbonyl (C=O) groups is 1. The first-order valence-electron chi connectivity index (χ1n) is 7.39. The van der Waals surface area contributed by atoms with E-state index in [-0.39, 0.29) is 19.1 Å². The zero-order valence-electron chi connectivity index (χ0n) is 13.7. The Morgan fingerprint density at radius 2 is 2.05 bits per heavy atom. The van der Waals surface area contributed by atoms with Crippen LogP contribution in [0.1, 0.15) is 38.3 Å². The molecule has 0 saturated heterocycles. The van der Waals surface area contributed by atoms with E-state index in [1.165, 1.54) is 0 Å². The fraction of sp³-hybridized carbons (Fsp3) is 0.588. The van der Waals surface area contributed by atoms with E-state index in [9.17, 15) is 9.90 Å². The Hall–Kier alpha value is -1.55. The molecule has 118 valence electrons. The summed E-state index contributed by atoms with van der Waals surface area (Å²) in [4.78, 5) is 11.8. The van der Waals surface area contributed by atoms with Crippen LogP contribution in [0.5, 0.6) is 5.75 Å². The Morgan fingerprint density at radius 1 is 1.38 bits per heavy atom.